The first-order valence-corrected chi connectivity index (χ1v) is 8.44. The highest BCUT2D eigenvalue weighted by atomic mass is 16.5. The third kappa shape index (κ3) is 5.20. The number of carbonyl (C=O) groups excluding carboxylic acids is 1. The molecular weight excluding hydrogens is 296 g/mol. The standard InChI is InChI=1S/C16H28N4O3/c1-9(2)12(21)7-8-17-16(22)18-13(10(3)4)15-19-14(20-23-15)11-5-6-11/h9-13,21H,5-8H2,1-4H3,(H2,17,18,22). The van der Waals surface area contributed by atoms with Gasteiger partial charge in [-0.1, -0.05) is 32.9 Å². The van der Waals surface area contributed by atoms with Crippen LogP contribution in [-0.2, 0) is 0 Å². The van der Waals surface area contributed by atoms with Gasteiger partial charge >= 0.3 is 6.03 Å². The SMILES string of the molecule is CC(C)C(O)CCNC(=O)NC(c1nc(C2CC2)no1)C(C)C. The summed E-state index contributed by atoms with van der Waals surface area (Å²) in [5, 5.41) is 19.4. The van der Waals surface area contributed by atoms with Crippen molar-refractivity contribution in [2.45, 2.75) is 65.0 Å². The number of rotatable bonds is 8. The molecule has 2 unspecified atom stereocenters. The zero-order valence-electron chi connectivity index (χ0n) is 14.4. The Balaban J connectivity index is 1.84. The number of hydrogen-bond acceptors (Lipinski definition) is 5. The molecule has 1 fully saturated rings. The van der Waals surface area contributed by atoms with E-state index in [1.807, 2.05) is 27.7 Å². The normalized spacial score (nSPS) is 17.3. The lowest BCUT2D eigenvalue weighted by Crippen LogP contribution is -2.41. The second-order valence-electron chi connectivity index (χ2n) is 6.99. The number of aliphatic hydroxyl groups excluding tert-OH is 1. The van der Waals surface area contributed by atoms with Gasteiger partial charge in [0.15, 0.2) is 5.82 Å². The summed E-state index contributed by atoms with van der Waals surface area (Å²) in [4.78, 5) is 16.5. The van der Waals surface area contributed by atoms with E-state index in [0.717, 1.165) is 18.7 Å². The van der Waals surface area contributed by atoms with Crippen LogP contribution in [-0.4, -0.2) is 33.9 Å². The second kappa shape index (κ2) is 7.77. The molecule has 0 radical (unpaired) electrons. The smallest absolute Gasteiger partial charge is 0.315 e. The summed E-state index contributed by atoms with van der Waals surface area (Å²) < 4.78 is 5.32. The van der Waals surface area contributed by atoms with E-state index in [1.54, 1.807) is 0 Å². The van der Waals surface area contributed by atoms with Gasteiger partial charge in [-0.15, -0.1) is 0 Å². The van der Waals surface area contributed by atoms with E-state index < -0.39 is 6.10 Å². The Kier molecular flexibility index (Phi) is 5.98. The van der Waals surface area contributed by atoms with Crippen molar-refractivity contribution in [2.24, 2.45) is 11.8 Å². The fourth-order valence-corrected chi connectivity index (χ4v) is 2.25. The molecule has 7 heteroatoms. The molecule has 1 aliphatic rings. The fraction of sp³-hybridized carbons (Fsp3) is 0.812. The quantitative estimate of drug-likeness (QED) is 0.681. The first-order chi connectivity index (χ1) is 10.9. The zero-order valence-corrected chi connectivity index (χ0v) is 14.4. The van der Waals surface area contributed by atoms with E-state index in [9.17, 15) is 9.90 Å². The van der Waals surface area contributed by atoms with E-state index in [-0.39, 0.29) is 23.9 Å². The highest BCUT2D eigenvalue weighted by Crippen LogP contribution is 2.38. The van der Waals surface area contributed by atoms with Crippen molar-refractivity contribution >= 4 is 6.03 Å². The third-order valence-corrected chi connectivity index (χ3v) is 4.11. The lowest BCUT2D eigenvalue weighted by Gasteiger charge is -2.19. The topological polar surface area (TPSA) is 100 Å². The summed E-state index contributed by atoms with van der Waals surface area (Å²) in [5.74, 6) is 1.94. The van der Waals surface area contributed by atoms with Gasteiger partial charge in [-0.05, 0) is 31.1 Å². The average Bonchev–Trinajstić information content (AvgIpc) is 3.22. The van der Waals surface area contributed by atoms with Crippen LogP contribution in [0.4, 0.5) is 4.79 Å². The summed E-state index contributed by atoms with van der Waals surface area (Å²) in [6, 6.07) is -0.601. The number of carbonyl (C=O) groups is 1. The maximum Gasteiger partial charge on any atom is 0.315 e. The molecule has 1 saturated carbocycles. The van der Waals surface area contributed by atoms with E-state index in [0.29, 0.717) is 24.8 Å². The van der Waals surface area contributed by atoms with Crippen molar-refractivity contribution < 1.29 is 14.4 Å². The van der Waals surface area contributed by atoms with E-state index in [2.05, 4.69) is 20.8 Å². The highest BCUT2D eigenvalue weighted by molar-refractivity contribution is 5.74. The van der Waals surface area contributed by atoms with Gasteiger partial charge < -0.3 is 20.3 Å². The lowest BCUT2D eigenvalue weighted by molar-refractivity contribution is 0.116. The first kappa shape index (κ1) is 17.7. The van der Waals surface area contributed by atoms with Gasteiger partial charge in [0.05, 0.1) is 6.10 Å². The molecule has 0 bridgehead atoms. The number of aliphatic hydroxyl groups is 1. The molecule has 1 aromatic heterocycles. The summed E-state index contributed by atoms with van der Waals surface area (Å²) in [7, 11) is 0. The molecule has 1 aliphatic carbocycles. The van der Waals surface area contributed by atoms with Crippen LogP contribution in [0.3, 0.4) is 0 Å². The van der Waals surface area contributed by atoms with Crippen molar-refractivity contribution in [2.75, 3.05) is 6.54 Å². The van der Waals surface area contributed by atoms with Crippen molar-refractivity contribution in [3.63, 3.8) is 0 Å². The Labute approximate surface area is 137 Å². The van der Waals surface area contributed by atoms with Gasteiger partial charge in [-0.2, -0.15) is 4.98 Å². The molecule has 0 spiro atoms. The average molecular weight is 324 g/mol. The molecule has 23 heavy (non-hydrogen) atoms. The Morgan fingerprint density at radius 3 is 2.57 bits per heavy atom. The minimum Gasteiger partial charge on any atom is -0.393 e. The second-order valence-corrected chi connectivity index (χ2v) is 6.99. The van der Waals surface area contributed by atoms with Gasteiger partial charge in [-0.25, -0.2) is 4.79 Å². The maximum atomic E-state index is 12.0. The van der Waals surface area contributed by atoms with Crippen molar-refractivity contribution in [1.82, 2.24) is 20.8 Å². The van der Waals surface area contributed by atoms with E-state index in [1.165, 1.54) is 0 Å². The van der Waals surface area contributed by atoms with Crippen molar-refractivity contribution in [1.29, 1.82) is 0 Å². The molecule has 2 atom stereocenters. The highest BCUT2D eigenvalue weighted by Gasteiger charge is 2.31. The number of nitrogens with one attached hydrogen (secondary N) is 2. The van der Waals surface area contributed by atoms with Crippen LogP contribution in [0.25, 0.3) is 0 Å². The van der Waals surface area contributed by atoms with Gasteiger partial charge in [0.1, 0.15) is 6.04 Å². The minimum atomic E-state index is -0.409. The van der Waals surface area contributed by atoms with Crippen molar-refractivity contribution in [3.05, 3.63) is 11.7 Å². The van der Waals surface area contributed by atoms with E-state index in [4.69, 9.17) is 4.52 Å². The monoisotopic (exact) mass is 324 g/mol. The largest absolute Gasteiger partial charge is 0.393 e. The van der Waals surface area contributed by atoms with Gasteiger partial charge in [-0.3, -0.25) is 0 Å². The Morgan fingerprint density at radius 1 is 1.30 bits per heavy atom. The number of nitrogens with zero attached hydrogens (tertiary/aromatic N) is 2. The maximum absolute atomic E-state index is 12.0. The van der Waals surface area contributed by atoms with Crippen LogP contribution in [0.1, 0.15) is 70.6 Å². The molecular formula is C16H28N4O3. The summed E-state index contributed by atoms with van der Waals surface area (Å²) in [6.45, 7) is 8.31. The Morgan fingerprint density at radius 2 is 2.00 bits per heavy atom. The van der Waals surface area contributed by atoms with Gasteiger partial charge in [0.25, 0.3) is 0 Å². The zero-order chi connectivity index (χ0) is 17.0. The molecule has 0 aliphatic heterocycles. The Hall–Kier alpha value is -1.63. The number of hydrogen-bond donors (Lipinski definition) is 3. The molecule has 3 N–H and O–H groups in total. The van der Waals surface area contributed by atoms with Crippen LogP contribution >= 0.6 is 0 Å². The lowest BCUT2D eigenvalue weighted by atomic mass is 10.0. The summed E-state index contributed by atoms with van der Waals surface area (Å²) in [5.41, 5.74) is 0. The fourth-order valence-electron chi connectivity index (χ4n) is 2.25. The molecule has 2 amide bonds. The molecule has 1 heterocycles. The van der Waals surface area contributed by atoms with Crippen LogP contribution < -0.4 is 10.6 Å². The van der Waals surface area contributed by atoms with Crippen LogP contribution in [0.2, 0.25) is 0 Å². The van der Waals surface area contributed by atoms with Gasteiger partial charge in [0, 0.05) is 12.5 Å². The van der Waals surface area contributed by atoms with E-state index >= 15 is 0 Å². The third-order valence-electron chi connectivity index (χ3n) is 4.11. The molecule has 130 valence electrons. The van der Waals surface area contributed by atoms with Crippen LogP contribution in [0.15, 0.2) is 4.52 Å². The summed E-state index contributed by atoms with van der Waals surface area (Å²) in [6.07, 6.45) is 2.34. The molecule has 0 aromatic carbocycles. The molecule has 1 aromatic rings. The number of aromatic nitrogens is 2. The Bertz CT molecular complexity index is 511. The molecule has 2 rings (SSSR count). The minimum absolute atomic E-state index is 0.134. The molecule has 7 nitrogen and oxygen atoms in total. The predicted octanol–water partition coefficient (Wildman–Crippen LogP) is 2.35. The van der Waals surface area contributed by atoms with Gasteiger partial charge in [0.2, 0.25) is 5.89 Å². The van der Waals surface area contributed by atoms with Crippen LogP contribution in [0.5, 0.6) is 0 Å². The first-order valence-electron chi connectivity index (χ1n) is 8.44. The number of urea groups is 1. The predicted molar refractivity (Wildman–Crippen MR) is 85.8 cm³/mol. The van der Waals surface area contributed by atoms with Crippen molar-refractivity contribution in [3.8, 4) is 0 Å². The number of amides is 2. The van der Waals surface area contributed by atoms with Crippen LogP contribution in [0, 0.1) is 11.8 Å². The molecule has 0 saturated heterocycles. The summed E-state index contributed by atoms with van der Waals surface area (Å²) >= 11 is 0.